The van der Waals surface area contributed by atoms with Crippen molar-refractivity contribution in [3.05, 3.63) is 29.3 Å². The lowest BCUT2D eigenvalue weighted by atomic mass is 10.1. The van der Waals surface area contributed by atoms with Gasteiger partial charge in [-0.15, -0.1) is 0 Å². The van der Waals surface area contributed by atoms with Crippen LogP contribution in [0.2, 0.25) is 0 Å². The molecule has 0 fully saturated rings. The smallest absolute Gasteiger partial charge is 0.251 e. The molecule has 100 valence electrons. The highest BCUT2D eigenvalue weighted by Crippen LogP contribution is 2.23. The van der Waals surface area contributed by atoms with Gasteiger partial charge < -0.3 is 16.0 Å². The molecular weight excluding hydrogens is 246 g/mol. The zero-order valence-electron chi connectivity index (χ0n) is 10.6. The van der Waals surface area contributed by atoms with Gasteiger partial charge in [0.1, 0.15) is 0 Å². The van der Waals surface area contributed by atoms with Crippen LogP contribution in [0.1, 0.15) is 22.8 Å². The third-order valence-electron chi connectivity index (χ3n) is 2.78. The summed E-state index contributed by atoms with van der Waals surface area (Å²) in [7, 11) is 0. The molecule has 1 aliphatic heterocycles. The van der Waals surface area contributed by atoms with Crippen molar-refractivity contribution in [2.24, 2.45) is 0 Å². The summed E-state index contributed by atoms with van der Waals surface area (Å²) in [6, 6.07) is 5.01. The van der Waals surface area contributed by atoms with Gasteiger partial charge in [0.05, 0.1) is 13.0 Å². The highest BCUT2D eigenvalue weighted by atomic mass is 16.2. The molecule has 0 saturated heterocycles. The van der Waals surface area contributed by atoms with Crippen molar-refractivity contribution in [2.45, 2.75) is 13.3 Å². The fraction of sp³-hybridized carbons (Fsp3) is 0.308. The average Bonchev–Trinajstić information content (AvgIpc) is 2.75. The largest absolute Gasteiger partial charge is 0.355 e. The van der Waals surface area contributed by atoms with E-state index in [1.165, 1.54) is 0 Å². The lowest BCUT2D eigenvalue weighted by Crippen LogP contribution is -2.36. The van der Waals surface area contributed by atoms with Gasteiger partial charge in [0.15, 0.2) is 0 Å². The van der Waals surface area contributed by atoms with Crippen molar-refractivity contribution < 1.29 is 14.4 Å². The summed E-state index contributed by atoms with van der Waals surface area (Å²) in [5.41, 5.74) is 1.96. The molecule has 1 aromatic rings. The Kier molecular flexibility index (Phi) is 3.79. The van der Waals surface area contributed by atoms with Crippen molar-refractivity contribution in [1.82, 2.24) is 10.6 Å². The molecule has 2 rings (SSSR count). The molecule has 0 aliphatic carbocycles. The predicted molar refractivity (Wildman–Crippen MR) is 69.8 cm³/mol. The number of amides is 3. The number of carbonyl (C=O) groups is 3. The average molecular weight is 261 g/mol. The van der Waals surface area contributed by atoms with Crippen LogP contribution in [-0.4, -0.2) is 30.8 Å². The van der Waals surface area contributed by atoms with Crippen molar-refractivity contribution in [3.63, 3.8) is 0 Å². The molecule has 1 heterocycles. The second kappa shape index (κ2) is 5.51. The maximum atomic E-state index is 11.8. The van der Waals surface area contributed by atoms with E-state index < -0.39 is 0 Å². The van der Waals surface area contributed by atoms with Crippen molar-refractivity contribution in [1.29, 1.82) is 0 Å². The van der Waals surface area contributed by atoms with E-state index in [1.807, 2.05) is 6.92 Å². The SMILES string of the molecule is CCNC(=O)CNC(=O)c1ccc2c(c1)NC(=O)C2. The predicted octanol–water partition coefficient (Wildman–Crippen LogP) is 0.0471. The first-order valence-corrected chi connectivity index (χ1v) is 6.08. The molecule has 0 saturated carbocycles. The van der Waals surface area contributed by atoms with E-state index >= 15 is 0 Å². The van der Waals surface area contributed by atoms with Crippen LogP contribution in [0.3, 0.4) is 0 Å². The number of hydrogen-bond acceptors (Lipinski definition) is 3. The molecule has 6 heteroatoms. The highest BCUT2D eigenvalue weighted by molar-refractivity contribution is 6.02. The quantitative estimate of drug-likeness (QED) is 0.715. The van der Waals surface area contributed by atoms with Gasteiger partial charge in [-0.25, -0.2) is 0 Å². The van der Waals surface area contributed by atoms with E-state index in [4.69, 9.17) is 0 Å². The number of benzene rings is 1. The molecular formula is C13H15N3O3. The minimum atomic E-state index is -0.338. The van der Waals surface area contributed by atoms with Crippen molar-refractivity contribution >= 4 is 23.4 Å². The summed E-state index contributed by atoms with van der Waals surface area (Å²) in [5, 5.41) is 7.79. The molecule has 6 nitrogen and oxygen atoms in total. The van der Waals surface area contributed by atoms with Crippen LogP contribution in [0.25, 0.3) is 0 Å². The molecule has 0 atom stereocenters. The molecule has 3 amide bonds. The molecule has 1 aliphatic rings. The van der Waals surface area contributed by atoms with Crippen LogP contribution in [0.5, 0.6) is 0 Å². The standard InChI is InChI=1S/C13H15N3O3/c1-2-14-12(18)7-15-13(19)9-4-3-8-6-11(17)16-10(8)5-9/h3-5H,2,6-7H2,1H3,(H,14,18)(H,15,19)(H,16,17). The van der Waals surface area contributed by atoms with Gasteiger partial charge in [0.25, 0.3) is 5.91 Å². The first kappa shape index (κ1) is 13.1. The second-order valence-corrected chi connectivity index (χ2v) is 4.23. The van der Waals surface area contributed by atoms with Gasteiger partial charge in [-0.1, -0.05) is 6.07 Å². The summed E-state index contributed by atoms with van der Waals surface area (Å²) in [4.78, 5) is 34.3. The lowest BCUT2D eigenvalue weighted by Gasteiger charge is -2.06. The Bertz CT molecular complexity index is 540. The van der Waals surface area contributed by atoms with Crippen LogP contribution in [-0.2, 0) is 16.0 Å². The molecule has 0 radical (unpaired) electrons. The summed E-state index contributed by atoms with van der Waals surface area (Å²) < 4.78 is 0. The van der Waals surface area contributed by atoms with E-state index in [2.05, 4.69) is 16.0 Å². The number of nitrogens with one attached hydrogen (secondary N) is 3. The van der Waals surface area contributed by atoms with Gasteiger partial charge in [-0.05, 0) is 24.6 Å². The van der Waals surface area contributed by atoms with E-state index in [9.17, 15) is 14.4 Å². The van der Waals surface area contributed by atoms with Gasteiger partial charge in [0, 0.05) is 17.8 Å². The first-order valence-electron chi connectivity index (χ1n) is 6.08. The van der Waals surface area contributed by atoms with Crippen LogP contribution < -0.4 is 16.0 Å². The van der Waals surface area contributed by atoms with Gasteiger partial charge in [-0.2, -0.15) is 0 Å². The van der Waals surface area contributed by atoms with Crippen LogP contribution in [0.15, 0.2) is 18.2 Å². The summed E-state index contributed by atoms with van der Waals surface area (Å²) in [6.07, 6.45) is 0.343. The molecule has 3 N–H and O–H groups in total. The maximum Gasteiger partial charge on any atom is 0.251 e. The number of rotatable bonds is 4. The zero-order chi connectivity index (χ0) is 13.8. The van der Waals surface area contributed by atoms with E-state index in [0.29, 0.717) is 24.2 Å². The van der Waals surface area contributed by atoms with Crippen LogP contribution >= 0.6 is 0 Å². The summed E-state index contributed by atoms with van der Waals surface area (Å²) in [5.74, 6) is -0.643. The van der Waals surface area contributed by atoms with Gasteiger partial charge in [-0.3, -0.25) is 14.4 Å². The third-order valence-corrected chi connectivity index (χ3v) is 2.78. The van der Waals surface area contributed by atoms with E-state index in [-0.39, 0.29) is 24.3 Å². The van der Waals surface area contributed by atoms with Crippen LogP contribution in [0, 0.1) is 0 Å². The first-order chi connectivity index (χ1) is 9.10. The Hall–Kier alpha value is -2.37. The van der Waals surface area contributed by atoms with Crippen LogP contribution in [0.4, 0.5) is 5.69 Å². The summed E-state index contributed by atoms with van der Waals surface area (Å²) in [6.45, 7) is 2.28. The Labute approximate surface area is 110 Å². The zero-order valence-corrected chi connectivity index (χ0v) is 10.6. The number of likely N-dealkylation sites (N-methyl/N-ethyl adjacent to an activating group) is 1. The number of anilines is 1. The fourth-order valence-corrected chi connectivity index (χ4v) is 1.88. The van der Waals surface area contributed by atoms with Crippen molar-refractivity contribution in [3.8, 4) is 0 Å². The Morgan fingerprint density at radius 1 is 1.32 bits per heavy atom. The van der Waals surface area contributed by atoms with Crippen molar-refractivity contribution in [2.75, 3.05) is 18.4 Å². The minimum Gasteiger partial charge on any atom is -0.355 e. The normalized spacial score (nSPS) is 12.6. The number of hydrogen-bond donors (Lipinski definition) is 3. The molecule has 0 unspecified atom stereocenters. The number of carbonyl (C=O) groups excluding carboxylic acids is 3. The summed E-state index contributed by atoms with van der Waals surface area (Å²) >= 11 is 0. The molecule has 0 spiro atoms. The molecule has 0 bridgehead atoms. The minimum absolute atomic E-state index is 0.0594. The fourth-order valence-electron chi connectivity index (χ4n) is 1.88. The van der Waals surface area contributed by atoms with E-state index in [1.54, 1.807) is 18.2 Å². The Morgan fingerprint density at radius 2 is 2.11 bits per heavy atom. The molecule has 1 aromatic carbocycles. The Morgan fingerprint density at radius 3 is 2.84 bits per heavy atom. The number of fused-ring (bicyclic) bond motifs is 1. The lowest BCUT2D eigenvalue weighted by molar-refractivity contribution is -0.120. The monoisotopic (exact) mass is 261 g/mol. The Balaban J connectivity index is 1.99. The highest BCUT2D eigenvalue weighted by Gasteiger charge is 2.19. The van der Waals surface area contributed by atoms with Gasteiger partial charge in [0.2, 0.25) is 11.8 Å². The maximum absolute atomic E-state index is 11.8. The third kappa shape index (κ3) is 3.09. The van der Waals surface area contributed by atoms with E-state index in [0.717, 1.165) is 5.56 Å². The topological polar surface area (TPSA) is 87.3 Å². The van der Waals surface area contributed by atoms with Gasteiger partial charge >= 0.3 is 0 Å². The second-order valence-electron chi connectivity index (χ2n) is 4.23. The molecule has 0 aromatic heterocycles. The molecule has 19 heavy (non-hydrogen) atoms.